The molecule has 90 valence electrons. The van der Waals surface area contributed by atoms with Crippen molar-refractivity contribution in [2.45, 2.75) is 19.5 Å². The van der Waals surface area contributed by atoms with Crippen LogP contribution < -0.4 is 5.32 Å². The monoisotopic (exact) mass is 329 g/mol. The molecule has 4 heteroatoms. The quantitative estimate of drug-likeness (QED) is 0.830. The standard InChI is InChI=1S/C13H13BrClNS/c1-9(10-3-2-4-11(15)7-10)16-8-12-5-6-13(14)17-12/h2-7,9,16H,8H2,1H3. The van der Waals surface area contributed by atoms with Crippen LogP contribution in [-0.4, -0.2) is 0 Å². The minimum Gasteiger partial charge on any atom is -0.305 e. The van der Waals surface area contributed by atoms with E-state index in [0.29, 0.717) is 6.04 Å². The van der Waals surface area contributed by atoms with Crippen molar-refractivity contribution in [3.05, 3.63) is 55.6 Å². The second-order valence-corrected chi connectivity index (χ2v) is 6.85. The van der Waals surface area contributed by atoms with E-state index in [0.717, 1.165) is 11.6 Å². The lowest BCUT2D eigenvalue weighted by molar-refractivity contribution is 0.579. The molecular weight excluding hydrogens is 318 g/mol. The topological polar surface area (TPSA) is 12.0 Å². The summed E-state index contributed by atoms with van der Waals surface area (Å²) in [5.74, 6) is 0. The maximum Gasteiger partial charge on any atom is 0.0701 e. The predicted octanol–water partition coefficient (Wildman–Crippen LogP) is 5.01. The minimum absolute atomic E-state index is 0.301. The fourth-order valence-electron chi connectivity index (χ4n) is 1.59. The van der Waals surface area contributed by atoms with Gasteiger partial charge in [-0.05, 0) is 52.7 Å². The Hall–Kier alpha value is -0.350. The molecule has 1 atom stereocenters. The molecular formula is C13H13BrClNS. The molecule has 1 nitrogen and oxygen atoms in total. The van der Waals surface area contributed by atoms with Crippen molar-refractivity contribution in [2.24, 2.45) is 0 Å². The van der Waals surface area contributed by atoms with Gasteiger partial charge in [-0.3, -0.25) is 0 Å². The number of nitrogens with one attached hydrogen (secondary N) is 1. The van der Waals surface area contributed by atoms with Gasteiger partial charge in [0.15, 0.2) is 0 Å². The molecule has 0 aliphatic rings. The van der Waals surface area contributed by atoms with Crippen LogP contribution in [0.3, 0.4) is 0 Å². The van der Waals surface area contributed by atoms with Gasteiger partial charge in [0, 0.05) is 22.5 Å². The van der Waals surface area contributed by atoms with Crippen LogP contribution in [0.1, 0.15) is 23.4 Å². The molecule has 2 rings (SSSR count). The summed E-state index contributed by atoms with van der Waals surface area (Å²) in [4.78, 5) is 1.32. The number of hydrogen-bond donors (Lipinski definition) is 1. The lowest BCUT2D eigenvalue weighted by Crippen LogP contribution is -2.17. The number of hydrogen-bond acceptors (Lipinski definition) is 2. The maximum absolute atomic E-state index is 5.98. The Bertz CT molecular complexity index is 498. The minimum atomic E-state index is 0.301. The first-order chi connectivity index (χ1) is 8.15. The zero-order chi connectivity index (χ0) is 12.3. The van der Waals surface area contributed by atoms with E-state index in [4.69, 9.17) is 11.6 Å². The third-order valence-corrected chi connectivity index (χ3v) is 4.42. The molecule has 1 N–H and O–H groups in total. The Morgan fingerprint density at radius 2 is 2.18 bits per heavy atom. The Kier molecular flexibility index (Phi) is 4.62. The van der Waals surface area contributed by atoms with Gasteiger partial charge in [0.2, 0.25) is 0 Å². The number of thiophene rings is 1. The largest absolute Gasteiger partial charge is 0.305 e. The molecule has 0 aliphatic heterocycles. The van der Waals surface area contributed by atoms with E-state index >= 15 is 0 Å². The first kappa shape index (κ1) is 13.1. The van der Waals surface area contributed by atoms with E-state index in [-0.39, 0.29) is 0 Å². The third-order valence-electron chi connectivity index (χ3n) is 2.56. The van der Waals surface area contributed by atoms with Gasteiger partial charge < -0.3 is 5.32 Å². The molecule has 2 aromatic rings. The highest BCUT2D eigenvalue weighted by molar-refractivity contribution is 9.11. The summed E-state index contributed by atoms with van der Waals surface area (Å²) in [5.41, 5.74) is 1.22. The number of benzene rings is 1. The first-order valence-corrected chi connectivity index (χ1v) is 7.37. The summed E-state index contributed by atoms with van der Waals surface area (Å²) in [6, 6.07) is 12.5. The van der Waals surface area contributed by atoms with E-state index in [1.807, 2.05) is 18.2 Å². The first-order valence-electron chi connectivity index (χ1n) is 5.38. The molecule has 0 aliphatic carbocycles. The highest BCUT2D eigenvalue weighted by Crippen LogP contribution is 2.23. The van der Waals surface area contributed by atoms with Gasteiger partial charge in [-0.1, -0.05) is 23.7 Å². The summed E-state index contributed by atoms with van der Waals surface area (Å²) in [7, 11) is 0. The van der Waals surface area contributed by atoms with Crippen molar-refractivity contribution in [2.75, 3.05) is 0 Å². The van der Waals surface area contributed by atoms with Gasteiger partial charge in [-0.2, -0.15) is 0 Å². The summed E-state index contributed by atoms with van der Waals surface area (Å²) >= 11 is 11.2. The molecule has 1 aromatic heterocycles. The summed E-state index contributed by atoms with van der Waals surface area (Å²) in [5, 5.41) is 4.27. The molecule has 0 spiro atoms. The molecule has 17 heavy (non-hydrogen) atoms. The van der Waals surface area contributed by atoms with Crippen molar-refractivity contribution in [1.29, 1.82) is 0 Å². The second-order valence-electron chi connectivity index (χ2n) is 3.86. The van der Waals surface area contributed by atoms with E-state index in [9.17, 15) is 0 Å². The summed E-state index contributed by atoms with van der Waals surface area (Å²) < 4.78 is 1.17. The number of rotatable bonds is 4. The average Bonchev–Trinajstić information content (AvgIpc) is 2.72. The zero-order valence-corrected chi connectivity index (χ0v) is 12.6. The highest BCUT2D eigenvalue weighted by Gasteiger charge is 2.06. The van der Waals surface area contributed by atoms with E-state index in [1.54, 1.807) is 11.3 Å². The van der Waals surface area contributed by atoms with Crippen LogP contribution in [0.15, 0.2) is 40.2 Å². The maximum atomic E-state index is 5.98. The van der Waals surface area contributed by atoms with Gasteiger partial charge >= 0.3 is 0 Å². The third kappa shape index (κ3) is 3.81. The predicted molar refractivity (Wildman–Crippen MR) is 78.7 cm³/mol. The van der Waals surface area contributed by atoms with Crippen molar-refractivity contribution in [1.82, 2.24) is 5.32 Å². The molecule has 0 fully saturated rings. The van der Waals surface area contributed by atoms with Gasteiger partial charge in [0.25, 0.3) is 0 Å². The highest BCUT2D eigenvalue weighted by atomic mass is 79.9. The lowest BCUT2D eigenvalue weighted by Gasteiger charge is -2.13. The Labute approximate surface area is 119 Å². The van der Waals surface area contributed by atoms with Crippen LogP contribution in [0.5, 0.6) is 0 Å². The van der Waals surface area contributed by atoms with Crippen molar-refractivity contribution in [3.63, 3.8) is 0 Å². The molecule has 0 amide bonds. The molecule has 1 unspecified atom stereocenters. The van der Waals surface area contributed by atoms with E-state index in [1.165, 1.54) is 14.2 Å². The van der Waals surface area contributed by atoms with Crippen LogP contribution in [0.2, 0.25) is 5.02 Å². The van der Waals surface area contributed by atoms with E-state index in [2.05, 4.69) is 46.4 Å². The molecule has 1 aromatic carbocycles. The van der Waals surface area contributed by atoms with Crippen LogP contribution in [0, 0.1) is 0 Å². The normalized spacial score (nSPS) is 12.6. The van der Waals surface area contributed by atoms with Gasteiger partial charge in [-0.15, -0.1) is 11.3 Å². The smallest absolute Gasteiger partial charge is 0.0701 e. The zero-order valence-electron chi connectivity index (χ0n) is 9.41. The van der Waals surface area contributed by atoms with Gasteiger partial charge in [-0.25, -0.2) is 0 Å². The number of halogens is 2. The van der Waals surface area contributed by atoms with E-state index < -0.39 is 0 Å². The lowest BCUT2D eigenvalue weighted by atomic mass is 10.1. The average molecular weight is 331 g/mol. The van der Waals surface area contributed by atoms with Crippen LogP contribution in [0.4, 0.5) is 0 Å². The van der Waals surface area contributed by atoms with Crippen molar-refractivity contribution >= 4 is 38.9 Å². The second kappa shape index (κ2) is 6.01. The van der Waals surface area contributed by atoms with Crippen molar-refractivity contribution < 1.29 is 0 Å². The fraction of sp³-hybridized carbons (Fsp3) is 0.231. The van der Waals surface area contributed by atoms with Gasteiger partial charge in [0.05, 0.1) is 3.79 Å². The molecule has 0 bridgehead atoms. The molecule has 0 saturated heterocycles. The summed E-state index contributed by atoms with van der Waals surface area (Å²) in [6.07, 6.45) is 0. The SMILES string of the molecule is CC(NCc1ccc(Br)s1)c1cccc(Cl)c1. The van der Waals surface area contributed by atoms with Crippen LogP contribution in [0.25, 0.3) is 0 Å². The summed E-state index contributed by atoms with van der Waals surface area (Å²) in [6.45, 7) is 3.03. The van der Waals surface area contributed by atoms with Crippen LogP contribution >= 0.6 is 38.9 Å². The molecule has 1 heterocycles. The fourth-order valence-corrected chi connectivity index (χ4v) is 3.23. The van der Waals surface area contributed by atoms with Crippen LogP contribution in [-0.2, 0) is 6.54 Å². The Balaban J connectivity index is 1.95. The van der Waals surface area contributed by atoms with Crippen molar-refractivity contribution in [3.8, 4) is 0 Å². The molecule has 0 saturated carbocycles. The Morgan fingerprint density at radius 1 is 1.35 bits per heavy atom. The van der Waals surface area contributed by atoms with Gasteiger partial charge in [0.1, 0.15) is 0 Å². The molecule has 0 radical (unpaired) electrons. The Morgan fingerprint density at radius 3 is 2.82 bits per heavy atom.